The third kappa shape index (κ3) is 2.78. The van der Waals surface area contributed by atoms with Crippen LogP contribution in [0.2, 0.25) is 0 Å². The molecular formula is C12H12N2O3S. The first kappa shape index (κ1) is 12.4. The van der Waals surface area contributed by atoms with Crippen LogP contribution in [0.1, 0.15) is 15.2 Å². The van der Waals surface area contributed by atoms with E-state index in [1.54, 1.807) is 29.9 Å². The summed E-state index contributed by atoms with van der Waals surface area (Å²) in [5, 5.41) is 0. The summed E-state index contributed by atoms with van der Waals surface area (Å²) in [7, 11) is 1.48. The normalized spacial score (nSPS) is 10.1. The molecule has 1 aromatic carbocycles. The number of esters is 1. The summed E-state index contributed by atoms with van der Waals surface area (Å²) in [6, 6.07) is 4.80. The molecule has 2 rings (SSSR count). The molecule has 0 saturated carbocycles. The minimum atomic E-state index is -0.444. The first-order valence-electron chi connectivity index (χ1n) is 5.18. The Balaban J connectivity index is 2.09. The number of nitrogens with zero attached hydrogens (tertiary/aromatic N) is 1. The van der Waals surface area contributed by atoms with Crippen molar-refractivity contribution in [3.63, 3.8) is 0 Å². The highest BCUT2D eigenvalue weighted by Gasteiger charge is 2.14. The molecule has 0 radical (unpaired) electrons. The van der Waals surface area contributed by atoms with E-state index in [1.807, 2.05) is 0 Å². The van der Waals surface area contributed by atoms with Crippen LogP contribution in [0.25, 0.3) is 0 Å². The van der Waals surface area contributed by atoms with Crippen molar-refractivity contribution < 1.29 is 14.3 Å². The number of carbonyl (C=O) groups excluding carboxylic acids is 1. The Labute approximate surface area is 108 Å². The lowest BCUT2D eigenvalue weighted by molar-refractivity contribution is 0.0473. The number of thiazole rings is 1. The minimum Gasteiger partial charge on any atom is -0.496 e. The maximum absolute atomic E-state index is 11.9. The number of ether oxygens (including phenoxy) is 2. The molecule has 5 nitrogen and oxygen atoms in total. The molecule has 0 aliphatic carbocycles. The zero-order valence-corrected chi connectivity index (χ0v) is 10.6. The third-order valence-corrected chi connectivity index (χ3v) is 3.03. The smallest absolute Gasteiger partial charge is 0.342 e. The van der Waals surface area contributed by atoms with E-state index in [4.69, 9.17) is 15.2 Å². The third-order valence-electron chi connectivity index (χ3n) is 2.27. The van der Waals surface area contributed by atoms with Crippen LogP contribution in [0, 0.1) is 0 Å². The van der Waals surface area contributed by atoms with Crippen LogP contribution in [0.3, 0.4) is 0 Å². The molecule has 0 atom stereocenters. The van der Waals surface area contributed by atoms with Gasteiger partial charge < -0.3 is 15.2 Å². The van der Waals surface area contributed by atoms with Crippen molar-refractivity contribution in [1.82, 2.24) is 4.98 Å². The molecule has 0 saturated heterocycles. The van der Waals surface area contributed by atoms with Crippen LogP contribution in [0.15, 0.2) is 29.9 Å². The lowest BCUT2D eigenvalue weighted by Crippen LogP contribution is -2.07. The van der Waals surface area contributed by atoms with Gasteiger partial charge in [-0.05, 0) is 12.1 Å². The summed E-state index contributed by atoms with van der Waals surface area (Å²) in [6.07, 6.45) is 1.66. The number of methoxy groups -OCH3 is 1. The summed E-state index contributed by atoms with van der Waals surface area (Å²) < 4.78 is 10.3. The molecule has 0 bridgehead atoms. The van der Waals surface area contributed by atoms with E-state index in [0.29, 0.717) is 17.0 Å². The predicted molar refractivity (Wildman–Crippen MR) is 68.6 cm³/mol. The minimum absolute atomic E-state index is 0.205. The molecule has 0 spiro atoms. The van der Waals surface area contributed by atoms with Crippen molar-refractivity contribution in [2.75, 3.05) is 12.8 Å². The number of anilines is 1. The molecule has 1 aromatic heterocycles. The lowest BCUT2D eigenvalue weighted by atomic mass is 10.2. The van der Waals surface area contributed by atoms with Crippen molar-refractivity contribution in [3.05, 3.63) is 40.3 Å². The fourth-order valence-electron chi connectivity index (χ4n) is 1.40. The second-order valence-electron chi connectivity index (χ2n) is 3.50. The van der Waals surface area contributed by atoms with Crippen molar-refractivity contribution >= 4 is 23.0 Å². The maximum atomic E-state index is 11.9. The first-order chi connectivity index (χ1) is 8.70. The first-order valence-corrected chi connectivity index (χ1v) is 6.06. The Hall–Kier alpha value is -2.08. The SMILES string of the molecule is COc1cc(N)ccc1C(=O)OCc1cncs1. The second-order valence-corrected chi connectivity index (χ2v) is 4.47. The number of hydrogen-bond donors (Lipinski definition) is 1. The number of hydrogen-bond acceptors (Lipinski definition) is 6. The molecule has 1 heterocycles. The van der Waals surface area contributed by atoms with Gasteiger partial charge in [0.15, 0.2) is 0 Å². The molecule has 94 valence electrons. The van der Waals surface area contributed by atoms with Gasteiger partial charge in [0.1, 0.15) is 17.9 Å². The van der Waals surface area contributed by atoms with Crippen molar-refractivity contribution in [1.29, 1.82) is 0 Å². The molecule has 2 aromatic rings. The van der Waals surface area contributed by atoms with Gasteiger partial charge in [-0.2, -0.15) is 0 Å². The molecule has 0 aliphatic heterocycles. The van der Waals surface area contributed by atoms with E-state index in [2.05, 4.69) is 4.98 Å². The van der Waals surface area contributed by atoms with Gasteiger partial charge in [0, 0.05) is 18.0 Å². The van der Waals surface area contributed by atoms with Crippen LogP contribution < -0.4 is 10.5 Å². The van der Waals surface area contributed by atoms with Gasteiger partial charge in [-0.25, -0.2) is 4.79 Å². The summed E-state index contributed by atoms with van der Waals surface area (Å²) in [4.78, 5) is 16.7. The predicted octanol–water partition coefficient (Wildman–Crippen LogP) is 2.09. The summed E-state index contributed by atoms with van der Waals surface area (Å²) >= 11 is 1.43. The number of rotatable bonds is 4. The number of benzene rings is 1. The zero-order valence-electron chi connectivity index (χ0n) is 9.75. The largest absolute Gasteiger partial charge is 0.496 e. The Morgan fingerprint density at radius 3 is 3.00 bits per heavy atom. The monoisotopic (exact) mass is 264 g/mol. The molecule has 18 heavy (non-hydrogen) atoms. The lowest BCUT2D eigenvalue weighted by Gasteiger charge is -2.08. The highest BCUT2D eigenvalue weighted by molar-refractivity contribution is 7.09. The molecule has 0 unspecified atom stereocenters. The summed E-state index contributed by atoms with van der Waals surface area (Å²) in [5.74, 6) is -0.0374. The van der Waals surface area contributed by atoms with Crippen LogP contribution in [0.5, 0.6) is 5.75 Å². The van der Waals surface area contributed by atoms with Crippen molar-refractivity contribution in [2.45, 2.75) is 6.61 Å². The van der Waals surface area contributed by atoms with Gasteiger partial charge in [-0.1, -0.05) is 0 Å². The summed E-state index contributed by atoms with van der Waals surface area (Å²) in [5.41, 5.74) is 8.19. The van der Waals surface area contributed by atoms with Gasteiger partial charge >= 0.3 is 5.97 Å². The van der Waals surface area contributed by atoms with Crippen molar-refractivity contribution in [2.24, 2.45) is 0 Å². The Bertz CT molecular complexity index is 540. The van der Waals surface area contributed by atoms with Gasteiger partial charge in [-0.3, -0.25) is 4.98 Å². The topological polar surface area (TPSA) is 74.4 Å². The highest BCUT2D eigenvalue weighted by Crippen LogP contribution is 2.22. The number of nitrogen functional groups attached to an aromatic ring is 1. The van der Waals surface area contributed by atoms with Gasteiger partial charge in [-0.15, -0.1) is 11.3 Å². The van der Waals surface area contributed by atoms with E-state index in [-0.39, 0.29) is 6.61 Å². The fraction of sp³-hybridized carbons (Fsp3) is 0.167. The van der Waals surface area contributed by atoms with Gasteiger partial charge in [0.25, 0.3) is 0 Å². The average molecular weight is 264 g/mol. The fourth-order valence-corrected chi connectivity index (χ4v) is 1.91. The molecular weight excluding hydrogens is 252 g/mol. The number of carbonyl (C=O) groups is 1. The highest BCUT2D eigenvalue weighted by atomic mass is 32.1. The maximum Gasteiger partial charge on any atom is 0.342 e. The van der Waals surface area contributed by atoms with E-state index in [1.165, 1.54) is 18.4 Å². The van der Waals surface area contributed by atoms with Crippen LogP contribution >= 0.6 is 11.3 Å². The zero-order chi connectivity index (χ0) is 13.0. The van der Waals surface area contributed by atoms with E-state index < -0.39 is 5.97 Å². The number of nitrogens with two attached hydrogens (primary N) is 1. The van der Waals surface area contributed by atoms with Crippen LogP contribution in [0.4, 0.5) is 5.69 Å². The average Bonchev–Trinajstić information content (AvgIpc) is 2.88. The van der Waals surface area contributed by atoms with E-state index in [0.717, 1.165) is 4.88 Å². The Kier molecular flexibility index (Phi) is 3.78. The van der Waals surface area contributed by atoms with Crippen LogP contribution in [-0.2, 0) is 11.3 Å². The molecule has 6 heteroatoms. The number of aromatic nitrogens is 1. The van der Waals surface area contributed by atoms with Crippen LogP contribution in [-0.4, -0.2) is 18.1 Å². The summed E-state index contributed by atoms with van der Waals surface area (Å²) in [6.45, 7) is 0.205. The Morgan fingerprint density at radius 1 is 1.50 bits per heavy atom. The van der Waals surface area contributed by atoms with Gasteiger partial charge in [0.2, 0.25) is 0 Å². The molecule has 0 aliphatic rings. The molecule has 0 amide bonds. The van der Waals surface area contributed by atoms with Gasteiger partial charge in [0.05, 0.1) is 17.5 Å². The molecule has 0 fully saturated rings. The van der Waals surface area contributed by atoms with E-state index >= 15 is 0 Å². The Morgan fingerprint density at radius 2 is 2.33 bits per heavy atom. The van der Waals surface area contributed by atoms with Crippen molar-refractivity contribution in [3.8, 4) is 5.75 Å². The quantitative estimate of drug-likeness (QED) is 0.676. The standard InChI is InChI=1S/C12H12N2O3S/c1-16-11-4-8(13)2-3-10(11)12(15)17-6-9-5-14-7-18-9/h2-5,7H,6,13H2,1H3. The second kappa shape index (κ2) is 5.50. The van der Waals surface area contributed by atoms with E-state index in [9.17, 15) is 4.79 Å². The molecule has 2 N–H and O–H groups in total.